The van der Waals surface area contributed by atoms with Crippen molar-refractivity contribution in [2.75, 3.05) is 13.2 Å². The summed E-state index contributed by atoms with van der Waals surface area (Å²) in [6.07, 6.45) is 1.13. The Kier molecular flexibility index (Phi) is 3.93. The van der Waals surface area contributed by atoms with Crippen molar-refractivity contribution in [1.82, 2.24) is 0 Å². The molecule has 0 spiro atoms. The Morgan fingerprint density at radius 1 is 1.35 bits per heavy atom. The molecule has 1 aliphatic rings. The number of rotatable bonds is 4. The summed E-state index contributed by atoms with van der Waals surface area (Å²) in [6.45, 7) is 0.957. The van der Waals surface area contributed by atoms with Gasteiger partial charge in [-0.3, -0.25) is 0 Å². The molecule has 2 atom stereocenters. The second-order valence-electron chi connectivity index (χ2n) is 4.28. The first kappa shape index (κ1) is 11.9. The first-order valence-corrected chi connectivity index (χ1v) is 5.67. The Morgan fingerprint density at radius 2 is 2.12 bits per heavy atom. The average molecular weight is 237 g/mol. The van der Waals surface area contributed by atoms with Crippen LogP contribution in [0.25, 0.3) is 0 Å². The number of nitrogens with zero attached hydrogens (tertiary/aromatic N) is 1. The molecular weight excluding hydrogens is 222 g/mol. The lowest BCUT2D eigenvalue weighted by Crippen LogP contribution is -2.34. The van der Waals surface area contributed by atoms with Crippen molar-refractivity contribution in [2.24, 2.45) is 5.92 Å². The SMILES string of the molecule is O=[N+]([O-])OC1COCC(Cc2ccccc2)C1. The minimum Gasteiger partial charge on any atom is -0.379 e. The molecule has 0 amide bonds. The highest BCUT2D eigenvalue weighted by Gasteiger charge is 2.25. The van der Waals surface area contributed by atoms with Crippen molar-refractivity contribution in [1.29, 1.82) is 0 Å². The minimum absolute atomic E-state index is 0.288. The van der Waals surface area contributed by atoms with E-state index in [9.17, 15) is 10.1 Å². The average Bonchev–Trinajstić information content (AvgIpc) is 2.30. The van der Waals surface area contributed by atoms with Gasteiger partial charge in [0.15, 0.2) is 0 Å². The van der Waals surface area contributed by atoms with Gasteiger partial charge in [0.1, 0.15) is 6.10 Å². The maximum absolute atomic E-state index is 10.3. The summed E-state index contributed by atoms with van der Waals surface area (Å²) in [7, 11) is 0. The first-order chi connectivity index (χ1) is 8.24. The molecule has 0 aromatic heterocycles. The van der Waals surface area contributed by atoms with Crippen molar-refractivity contribution in [2.45, 2.75) is 18.9 Å². The smallest absolute Gasteiger partial charge is 0.294 e. The van der Waals surface area contributed by atoms with E-state index in [-0.39, 0.29) is 5.92 Å². The van der Waals surface area contributed by atoms with Gasteiger partial charge < -0.3 is 9.57 Å². The van der Waals surface area contributed by atoms with Crippen molar-refractivity contribution in [3.8, 4) is 0 Å². The second-order valence-corrected chi connectivity index (χ2v) is 4.28. The summed E-state index contributed by atoms with van der Waals surface area (Å²) in [4.78, 5) is 14.8. The highest BCUT2D eigenvalue weighted by Crippen LogP contribution is 2.21. The van der Waals surface area contributed by atoms with Gasteiger partial charge in [-0.05, 0) is 24.3 Å². The van der Waals surface area contributed by atoms with E-state index < -0.39 is 11.2 Å². The number of ether oxygens (including phenoxy) is 1. The summed E-state index contributed by atoms with van der Waals surface area (Å²) in [5, 5.41) is 9.52. The van der Waals surface area contributed by atoms with Gasteiger partial charge in [-0.2, -0.15) is 0 Å². The summed E-state index contributed by atoms with van der Waals surface area (Å²) in [5.74, 6) is 0.288. The van der Waals surface area contributed by atoms with Crippen molar-refractivity contribution in [3.63, 3.8) is 0 Å². The quantitative estimate of drug-likeness (QED) is 0.592. The van der Waals surface area contributed by atoms with Crippen LogP contribution in [-0.2, 0) is 16.0 Å². The third-order valence-corrected chi connectivity index (χ3v) is 2.86. The van der Waals surface area contributed by atoms with Crippen molar-refractivity contribution >= 4 is 0 Å². The van der Waals surface area contributed by atoms with Gasteiger partial charge in [0, 0.05) is 6.61 Å². The molecule has 17 heavy (non-hydrogen) atoms. The Hall–Kier alpha value is -1.62. The third kappa shape index (κ3) is 3.71. The van der Waals surface area contributed by atoms with Crippen LogP contribution in [0.5, 0.6) is 0 Å². The van der Waals surface area contributed by atoms with Gasteiger partial charge in [-0.1, -0.05) is 30.3 Å². The van der Waals surface area contributed by atoms with Crippen LogP contribution in [0.3, 0.4) is 0 Å². The van der Waals surface area contributed by atoms with Gasteiger partial charge in [-0.15, -0.1) is 10.1 Å². The van der Waals surface area contributed by atoms with Gasteiger partial charge in [0.2, 0.25) is 0 Å². The second kappa shape index (κ2) is 5.63. The fourth-order valence-corrected chi connectivity index (χ4v) is 2.16. The van der Waals surface area contributed by atoms with Crippen LogP contribution in [0, 0.1) is 16.0 Å². The molecule has 2 unspecified atom stereocenters. The highest BCUT2D eigenvalue weighted by molar-refractivity contribution is 5.15. The molecule has 0 saturated carbocycles. The Labute approximate surface area is 99.4 Å². The Balaban J connectivity index is 1.87. The van der Waals surface area contributed by atoms with Crippen molar-refractivity contribution < 1.29 is 14.7 Å². The standard InChI is InChI=1S/C12H15NO4/c14-13(15)17-12-7-11(8-16-9-12)6-10-4-2-1-3-5-10/h1-5,11-12H,6-9H2. The molecule has 5 heteroatoms. The lowest BCUT2D eigenvalue weighted by atomic mass is 9.93. The van der Waals surface area contributed by atoms with Crippen LogP contribution in [0.4, 0.5) is 0 Å². The molecule has 1 heterocycles. The molecular formula is C12H15NO4. The van der Waals surface area contributed by atoms with Crippen LogP contribution in [0.1, 0.15) is 12.0 Å². The molecule has 1 saturated heterocycles. The van der Waals surface area contributed by atoms with Crippen molar-refractivity contribution in [3.05, 3.63) is 46.0 Å². The fourth-order valence-electron chi connectivity index (χ4n) is 2.16. The molecule has 0 bridgehead atoms. The predicted molar refractivity (Wildman–Crippen MR) is 60.9 cm³/mol. The fraction of sp³-hybridized carbons (Fsp3) is 0.500. The van der Waals surface area contributed by atoms with Crippen LogP contribution in [-0.4, -0.2) is 24.4 Å². The zero-order valence-electron chi connectivity index (χ0n) is 9.45. The van der Waals surface area contributed by atoms with E-state index in [2.05, 4.69) is 17.0 Å². The normalized spacial score (nSPS) is 24.2. The largest absolute Gasteiger partial charge is 0.379 e. The summed E-state index contributed by atoms with van der Waals surface area (Å²) in [6, 6.07) is 10.1. The van der Waals surface area contributed by atoms with E-state index in [1.807, 2.05) is 18.2 Å². The zero-order valence-corrected chi connectivity index (χ0v) is 9.45. The van der Waals surface area contributed by atoms with Crippen LogP contribution >= 0.6 is 0 Å². The van der Waals surface area contributed by atoms with Crippen LogP contribution < -0.4 is 0 Å². The van der Waals surface area contributed by atoms with E-state index in [0.717, 1.165) is 6.42 Å². The van der Waals surface area contributed by atoms with E-state index in [4.69, 9.17) is 4.74 Å². The summed E-state index contributed by atoms with van der Waals surface area (Å²) in [5.41, 5.74) is 1.22. The molecule has 0 aliphatic carbocycles. The summed E-state index contributed by atoms with van der Waals surface area (Å²) < 4.78 is 5.34. The summed E-state index contributed by atoms with van der Waals surface area (Å²) >= 11 is 0. The van der Waals surface area contributed by atoms with E-state index >= 15 is 0 Å². The van der Waals surface area contributed by atoms with Crippen LogP contribution in [0.2, 0.25) is 0 Å². The number of hydrogen-bond acceptors (Lipinski definition) is 4. The van der Waals surface area contributed by atoms with Gasteiger partial charge in [0.05, 0.1) is 6.61 Å². The third-order valence-electron chi connectivity index (χ3n) is 2.86. The Bertz CT molecular complexity index is 368. The molecule has 1 aromatic rings. The van der Waals surface area contributed by atoms with E-state index in [0.29, 0.717) is 19.6 Å². The Morgan fingerprint density at radius 3 is 2.82 bits per heavy atom. The molecule has 1 aromatic carbocycles. The monoisotopic (exact) mass is 237 g/mol. The van der Waals surface area contributed by atoms with Gasteiger partial charge >= 0.3 is 0 Å². The number of benzene rings is 1. The lowest BCUT2D eigenvalue weighted by Gasteiger charge is -2.27. The molecule has 2 rings (SSSR count). The maximum Gasteiger partial charge on any atom is 0.294 e. The highest BCUT2D eigenvalue weighted by atomic mass is 17.0. The van der Waals surface area contributed by atoms with Crippen LogP contribution in [0.15, 0.2) is 30.3 Å². The van der Waals surface area contributed by atoms with Gasteiger partial charge in [-0.25, -0.2) is 0 Å². The topological polar surface area (TPSA) is 61.6 Å². The molecule has 1 fully saturated rings. The zero-order chi connectivity index (χ0) is 12.1. The van der Waals surface area contributed by atoms with E-state index in [1.165, 1.54) is 5.56 Å². The predicted octanol–water partition coefficient (Wildman–Crippen LogP) is 1.84. The molecule has 0 radical (unpaired) electrons. The first-order valence-electron chi connectivity index (χ1n) is 5.67. The molecule has 1 aliphatic heterocycles. The van der Waals surface area contributed by atoms with Gasteiger partial charge in [0.25, 0.3) is 5.09 Å². The maximum atomic E-state index is 10.3. The number of hydrogen-bond donors (Lipinski definition) is 0. The van der Waals surface area contributed by atoms with E-state index in [1.54, 1.807) is 0 Å². The minimum atomic E-state index is -0.737. The molecule has 5 nitrogen and oxygen atoms in total. The molecule has 92 valence electrons. The lowest BCUT2D eigenvalue weighted by molar-refractivity contribution is -0.770. The molecule has 0 N–H and O–H groups in total.